The van der Waals surface area contributed by atoms with Gasteiger partial charge in [0, 0.05) is 43.1 Å². The Morgan fingerprint density at radius 2 is 1.49 bits per heavy atom. The average Bonchev–Trinajstić information content (AvgIpc) is 3.73. The number of hydrogen-bond donors (Lipinski definition) is 0. The zero-order valence-electron chi connectivity index (χ0n) is 35.2. The van der Waals surface area contributed by atoms with Crippen LogP contribution in [0.2, 0.25) is 19.6 Å². The maximum Gasteiger partial charge on any atom is 0.216 e. The van der Waals surface area contributed by atoms with Crippen molar-refractivity contribution in [3.05, 3.63) is 137 Å². The third kappa shape index (κ3) is 8.48. The van der Waals surface area contributed by atoms with Gasteiger partial charge in [0.2, 0.25) is 5.71 Å². The summed E-state index contributed by atoms with van der Waals surface area (Å²) in [6.45, 7) is 24.8. The summed E-state index contributed by atoms with van der Waals surface area (Å²) in [4.78, 5) is 14.5. The third-order valence-electron chi connectivity index (χ3n) is 10.5. The molecule has 0 fully saturated rings. The number of aromatic nitrogens is 4. The zero-order valence-corrected chi connectivity index (χ0v) is 38.6. The third-order valence-corrected chi connectivity index (χ3v) is 12.6. The van der Waals surface area contributed by atoms with E-state index >= 15 is 0 Å². The Morgan fingerprint density at radius 1 is 0.789 bits per heavy atom. The van der Waals surface area contributed by atoms with E-state index in [2.05, 4.69) is 156 Å². The molecule has 4 heterocycles. The second-order valence-corrected chi connectivity index (χ2v) is 22.2. The molecule has 0 aliphatic carbocycles. The minimum atomic E-state index is -1.34. The molecule has 7 heteroatoms. The molecule has 1 radical (unpaired) electrons. The van der Waals surface area contributed by atoms with Crippen LogP contribution in [0.4, 0.5) is 0 Å². The summed E-state index contributed by atoms with van der Waals surface area (Å²) < 4.78 is 8.77. The smallest absolute Gasteiger partial charge is 0.216 e. The van der Waals surface area contributed by atoms with E-state index in [9.17, 15) is 0 Å². The van der Waals surface area contributed by atoms with E-state index in [1.807, 2.05) is 43.3 Å². The fraction of sp³-hybridized carbons (Fsp3) is 0.300. The molecule has 4 aromatic carbocycles. The summed E-state index contributed by atoms with van der Waals surface area (Å²) in [5.41, 5.74) is 13.8. The van der Waals surface area contributed by atoms with Gasteiger partial charge in [0.15, 0.2) is 0 Å². The largest absolute Gasteiger partial charge is 0.486 e. The molecule has 57 heavy (non-hydrogen) atoms. The maximum atomic E-state index is 6.45. The van der Waals surface area contributed by atoms with Crippen molar-refractivity contribution in [2.45, 2.75) is 93.3 Å². The number of hydrogen-bond acceptors (Lipinski definition) is 4. The standard InChI is InChI=1S/C32H30N3O.C18H24NSi.Ir/c1-18(2)22-10-9-11-23(19(3)4)29(22)35-27-13-8-7-12-26(27)34-31(35)25-16-14-20(5)28-24-17-15-21(6)33-32(24)36-30(25)28;1-14(2)11-16-12-17(15-9-7-6-8-10-15)19-13-18(16)20(3,4)5;/h7-15,17-19H,1-6H3;6-9,12-14H,11H2,1-5H3;/q2*-1;. The molecule has 4 aromatic heterocycles. The SMILES string of the molecule is CC(C)Cc1cc(-c2[c-]cccc2)ncc1[Si](C)(C)C.Cc1ccc2c(n1)oc1c(-c3nc4ccccc4n3-c3c(C(C)C)cccc3C(C)C)[c-]cc(C)c12.[Ir]. The van der Waals surface area contributed by atoms with Gasteiger partial charge in [-0.05, 0) is 77.4 Å². The Bertz CT molecular complexity index is 2640. The molecule has 0 amide bonds. The molecule has 0 bridgehead atoms. The van der Waals surface area contributed by atoms with E-state index in [0.717, 1.165) is 67.7 Å². The van der Waals surface area contributed by atoms with Gasteiger partial charge < -0.3 is 14.0 Å². The quantitative estimate of drug-likeness (QED) is 0.112. The van der Waals surface area contributed by atoms with Crippen LogP contribution in [0.15, 0.2) is 102 Å². The summed E-state index contributed by atoms with van der Waals surface area (Å²) in [6, 6.07) is 38.4. The predicted molar refractivity (Wildman–Crippen MR) is 238 cm³/mol. The number of para-hydroxylation sites is 3. The fourth-order valence-electron chi connectivity index (χ4n) is 7.79. The Kier molecular flexibility index (Phi) is 12.5. The number of pyridine rings is 2. The van der Waals surface area contributed by atoms with Crippen LogP contribution in [-0.4, -0.2) is 27.6 Å². The first-order valence-corrected chi connectivity index (χ1v) is 23.5. The predicted octanol–water partition coefficient (Wildman–Crippen LogP) is 12.9. The van der Waals surface area contributed by atoms with Crippen LogP contribution < -0.4 is 5.19 Å². The summed E-state index contributed by atoms with van der Waals surface area (Å²) >= 11 is 0. The number of imidazole rings is 1. The molecule has 295 valence electrons. The van der Waals surface area contributed by atoms with Crippen molar-refractivity contribution < 1.29 is 24.5 Å². The van der Waals surface area contributed by atoms with Crippen molar-refractivity contribution >= 4 is 46.4 Å². The van der Waals surface area contributed by atoms with Gasteiger partial charge in [-0.1, -0.05) is 121 Å². The van der Waals surface area contributed by atoms with E-state index in [4.69, 9.17) is 9.40 Å². The topological polar surface area (TPSA) is 56.7 Å². The molecule has 0 aliphatic heterocycles. The van der Waals surface area contributed by atoms with E-state index in [1.54, 1.807) is 0 Å². The molecule has 5 nitrogen and oxygen atoms in total. The summed E-state index contributed by atoms with van der Waals surface area (Å²) in [5, 5.41) is 3.59. The van der Waals surface area contributed by atoms with Crippen LogP contribution in [0.3, 0.4) is 0 Å². The Hall–Kier alpha value is -4.68. The Labute approximate surface area is 353 Å². The van der Waals surface area contributed by atoms with Crippen molar-refractivity contribution in [2.24, 2.45) is 5.92 Å². The second-order valence-electron chi connectivity index (χ2n) is 17.2. The molecular formula is C50H54IrN4OSi-2. The van der Waals surface area contributed by atoms with Gasteiger partial charge in [-0.15, -0.1) is 53.6 Å². The zero-order chi connectivity index (χ0) is 39.9. The average molecular weight is 947 g/mol. The number of rotatable bonds is 8. The molecule has 0 atom stereocenters. The van der Waals surface area contributed by atoms with E-state index in [1.165, 1.54) is 27.6 Å². The van der Waals surface area contributed by atoms with Crippen molar-refractivity contribution in [3.8, 4) is 28.3 Å². The van der Waals surface area contributed by atoms with Crippen molar-refractivity contribution in [1.82, 2.24) is 19.5 Å². The second kappa shape index (κ2) is 17.0. The molecule has 0 saturated carbocycles. The number of benzene rings is 4. The van der Waals surface area contributed by atoms with Gasteiger partial charge in [-0.3, -0.25) is 4.98 Å². The van der Waals surface area contributed by atoms with E-state index in [0.29, 0.717) is 23.5 Å². The van der Waals surface area contributed by atoms with Crippen LogP contribution in [0, 0.1) is 31.9 Å². The molecular weight excluding hydrogens is 893 g/mol. The molecule has 8 rings (SSSR count). The number of nitrogens with zero attached hydrogens (tertiary/aromatic N) is 4. The van der Waals surface area contributed by atoms with Gasteiger partial charge in [-0.2, -0.15) is 0 Å². The van der Waals surface area contributed by atoms with Crippen molar-refractivity contribution in [3.63, 3.8) is 0 Å². The molecule has 8 aromatic rings. The van der Waals surface area contributed by atoms with Crippen LogP contribution in [-0.2, 0) is 26.5 Å². The normalized spacial score (nSPS) is 11.8. The van der Waals surface area contributed by atoms with E-state index < -0.39 is 8.07 Å². The molecule has 0 saturated heterocycles. The minimum Gasteiger partial charge on any atom is -0.486 e. The summed E-state index contributed by atoms with van der Waals surface area (Å²) in [5.74, 6) is 2.22. The molecule has 0 unspecified atom stereocenters. The maximum absolute atomic E-state index is 6.45. The Balaban J connectivity index is 0.000000223. The van der Waals surface area contributed by atoms with Gasteiger partial charge in [0.25, 0.3) is 0 Å². The first-order valence-electron chi connectivity index (χ1n) is 20.0. The number of aryl methyl sites for hydroxylation is 2. The monoisotopic (exact) mass is 947 g/mol. The molecule has 0 spiro atoms. The van der Waals surface area contributed by atoms with Crippen LogP contribution in [0.1, 0.15) is 81.3 Å². The molecule has 0 aliphatic rings. The van der Waals surface area contributed by atoms with E-state index in [-0.39, 0.29) is 20.1 Å². The van der Waals surface area contributed by atoms with Gasteiger partial charge in [0.05, 0.1) is 30.5 Å². The Morgan fingerprint density at radius 3 is 2.14 bits per heavy atom. The molecule has 0 N–H and O–H groups in total. The van der Waals surface area contributed by atoms with Crippen LogP contribution >= 0.6 is 0 Å². The van der Waals surface area contributed by atoms with Crippen molar-refractivity contribution in [2.75, 3.05) is 0 Å². The summed E-state index contributed by atoms with van der Waals surface area (Å²) in [6.07, 6.45) is 3.24. The number of furan rings is 1. The van der Waals surface area contributed by atoms with Gasteiger partial charge in [-0.25, -0.2) is 4.98 Å². The van der Waals surface area contributed by atoms with Crippen LogP contribution in [0.25, 0.3) is 61.4 Å². The summed E-state index contributed by atoms with van der Waals surface area (Å²) in [7, 11) is -1.34. The first kappa shape index (κ1) is 41.9. The first-order chi connectivity index (χ1) is 26.7. The number of fused-ring (bicyclic) bond motifs is 4. The van der Waals surface area contributed by atoms with Crippen LogP contribution in [0.5, 0.6) is 0 Å². The minimum absolute atomic E-state index is 0. The van der Waals surface area contributed by atoms with Crippen molar-refractivity contribution in [1.29, 1.82) is 0 Å². The van der Waals surface area contributed by atoms with Gasteiger partial charge in [0.1, 0.15) is 0 Å². The fourth-order valence-corrected chi connectivity index (χ4v) is 9.38. The van der Waals surface area contributed by atoms with Gasteiger partial charge >= 0.3 is 0 Å².